The number of carbonyl (C=O) groups excluding carboxylic acids is 1. The summed E-state index contributed by atoms with van der Waals surface area (Å²) in [6, 6.07) is 8.40. The van der Waals surface area contributed by atoms with E-state index in [-0.39, 0.29) is 17.7 Å². The van der Waals surface area contributed by atoms with Gasteiger partial charge >= 0.3 is 0 Å². The van der Waals surface area contributed by atoms with Crippen molar-refractivity contribution in [2.45, 2.75) is 26.3 Å². The first kappa shape index (κ1) is 21.2. The van der Waals surface area contributed by atoms with E-state index in [1.807, 2.05) is 19.9 Å². The predicted octanol–water partition coefficient (Wildman–Crippen LogP) is 3.93. The number of hydrogen-bond donors (Lipinski definition) is 1. The second-order valence-electron chi connectivity index (χ2n) is 5.80. The third-order valence-electron chi connectivity index (χ3n) is 4.46. The van der Waals surface area contributed by atoms with Crippen LogP contribution in [0.15, 0.2) is 30.3 Å². The second-order valence-corrected chi connectivity index (χ2v) is 5.80. The predicted molar refractivity (Wildman–Crippen MR) is 107 cm³/mol. The van der Waals surface area contributed by atoms with Crippen LogP contribution in [0.2, 0.25) is 0 Å². The number of nitrogens with zero attached hydrogens (tertiary/aromatic N) is 1. The largest absolute Gasteiger partial charge is 0.504 e. The molecule has 0 bridgehead atoms. The van der Waals surface area contributed by atoms with Crippen LogP contribution in [0.3, 0.4) is 0 Å². The quantitative estimate of drug-likeness (QED) is 0.755. The van der Waals surface area contributed by atoms with Crippen LogP contribution in [0.5, 0.6) is 28.7 Å². The van der Waals surface area contributed by atoms with E-state index in [1.165, 1.54) is 28.4 Å². The molecule has 1 saturated heterocycles. The van der Waals surface area contributed by atoms with Gasteiger partial charge in [-0.2, -0.15) is 0 Å². The number of amides is 1. The number of hydrogen-bond acceptors (Lipinski definition) is 6. The molecular weight excluding hydrogens is 362 g/mol. The fraction of sp³-hybridized carbons (Fsp3) is 0.381. The molecule has 28 heavy (non-hydrogen) atoms. The smallest absolute Gasteiger partial charge is 0.230 e. The number of rotatable bonds is 6. The number of ether oxygens (including phenoxy) is 4. The SMILES string of the molecule is CC.COc1ccc([C@H]2CC(=O)N2c2cc(OC)c(OC)c(OC)c2)cc1O. The Hall–Kier alpha value is -3.09. The van der Waals surface area contributed by atoms with Crippen molar-refractivity contribution in [1.29, 1.82) is 0 Å². The first-order valence-electron chi connectivity index (χ1n) is 9.03. The Morgan fingerprint density at radius 3 is 1.89 bits per heavy atom. The van der Waals surface area contributed by atoms with Crippen molar-refractivity contribution in [1.82, 2.24) is 0 Å². The van der Waals surface area contributed by atoms with Crippen LogP contribution in [0.1, 0.15) is 31.9 Å². The third-order valence-corrected chi connectivity index (χ3v) is 4.46. The molecule has 1 amide bonds. The molecule has 1 atom stereocenters. The van der Waals surface area contributed by atoms with Gasteiger partial charge in [-0.25, -0.2) is 0 Å². The van der Waals surface area contributed by atoms with Crippen LogP contribution in [0.25, 0.3) is 0 Å². The second kappa shape index (κ2) is 9.21. The molecule has 3 rings (SSSR count). The lowest BCUT2D eigenvalue weighted by atomic mass is 9.92. The summed E-state index contributed by atoms with van der Waals surface area (Å²) < 4.78 is 21.1. The summed E-state index contributed by atoms with van der Waals surface area (Å²) in [7, 11) is 6.07. The van der Waals surface area contributed by atoms with Gasteiger partial charge in [0.15, 0.2) is 23.0 Å². The average molecular weight is 389 g/mol. The zero-order valence-corrected chi connectivity index (χ0v) is 17.1. The molecule has 2 aromatic carbocycles. The summed E-state index contributed by atoms with van der Waals surface area (Å²) in [5.74, 6) is 1.80. The van der Waals surface area contributed by atoms with Gasteiger partial charge in [0.1, 0.15) is 0 Å². The van der Waals surface area contributed by atoms with Crippen molar-refractivity contribution in [2.24, 2.45) is 0 Å². The molecule has 1 heterocycles. The lowest BCUT2D eigenvalue weighted by Gasteiger charge is -2.41. The van der Waals surface area contributed by atoms with E-state index in [1.54, 1.807) is 29.2 Å². The molecule has 2 aromatic rings. The van der Waals surface area contributed by atoms with Gasteiger partial charge < -0.3 is 29.0 Å². The summed E-state index contributed by atoms with van der Waals surface area (Å²) in [6.07, 6.45) is 0.350. The monoisotopic (exact) mass is 389 g/mol. The first-order chi connectivity index (χ1) is 13.5. The van der Waals surface area contributed by atoms with Crippen molar-refractivity contribution in [3.63, 3.8) is 0 Å². The Morgan fingerprint density at radius 1 is 0.893 bits per heavy atom. The van der Waals surface area contributed by atoms with Crippen molar-refractivity contribution in [2.75, 3.05) is 33.3 Å². The van der Waals surface area contributed by atoms with Crippen molar-refractivity contribution >= 4 is 11.6 Å². The Labute approximate surface area is 165 Å². The molecule has 0 aliphatic carbocycles. The maximum absolute atomic E-state index is 12.3. The van der Waals surface area contributed by atoms with Crippen molar-refractivity contribution < 1.29 is 28.8 Å². The minimum atomic E-state index is -0.192. The van der Waals surface area contributed by atoms with Gasteiger partial charge in [0.25, 0.3) is 0 Å². The summed E-state index contributed by atoms with van der Waals surface area (Å²) >= 11 is 0. The van der Waals surface area contributed by atoms with Crippen LogP contribution >= 0.6 is 0 Å². The van der Waals surface area contributed by atoms with Gasteiger partial charge in [-0.1, -0.05) is 19.9 Å². The highest BCUT2D eigenvalue weighted by molar-refractivity contribution is 6.01. The topological polar surface area (TPSA) is 77.5 Å². The van der Waals surface area contributed by atoms with E-state index < -0.39 is 0 Å². The highest BCUT2D eigenvalue weighted by Gasteiger charge is 2.39. The van der Waals surface area contributed by atoms with Crippen LogP contribution in [0, 0.1) is 0 Å². The fourth-order valence-electron chi connectivity index (χ4n) is 3.13. The summed E-state index contributed by atoms with van der Waals surface area (Å²) in [5.41, 5.74) is 1.45. The molecule has 1 fully saturated rings. The summed E-state index contributed by atoms with van der Waals surface area (Å²) in [6.45, 7) is 4.00. The Kier molecular flexibility index (Phi) is 6.98. The molecule has 1 N–H and O–H groups in total. The molecule has 0 saturated carbocycles. The maximum atomic E-state index is 12.3. The number of anilines is 1. The molecule has 1 aliphatic heterocycles. The molecule has 0 unspecified atom stereocenters. The number of methoxy groups -OCH3 is 4. The number of phenolic OH excluding ortho intramolecular Hbond substituents is 1. The molecule has 0 spiro atoms. The van der Waals surface area contributed by atoms with Crippen LogP contribution in [0.4, 0.5) is 5.69 Å². The summed E-state index contributed by atoms with van der Waals surface area (Å²) in [5, 5.41) is 10.0. The number of β-lactam (4-membered cyclic amide) rings is 1. The van der Waals surface area contributed by atoms with Crippen molar-refractivity contribution in [3.05, 3.63) is 35.9 Å². The minimum Gasteiger partial charge on any atom is -0.504 e. The van der Waals surface area contributed by atoms with E-state index in [0.717, 1.165) is 5.56 Å². The maximum Gasteiger partial charge on any atom is 0.230 e. The first-order valence-corrected chi connectivity index (χ1v) is 9.03. The van der Waals surface area contributed by atoms with Gasteiger partial charge in [0.2, 0.25) is 11.7 Å². The van der Waals surface area contributed by atoms with Gasteiger partial charge in [0, 0.05) is 12.1 Å². The Morgan fingerprint density at radius 2 is 1.46 bits per heavy atom. The Balaban J connectivity index is 0.00000136. The van der Waals surface area contributed by atoms with Gasteiger partial charge in [-0.05, 0) is 17.7 Å². The van der Waals surface area contributed by atoms with Crippen molar-refractivity contribution in [3.8, 4) is 28.7 Å². The van der Waals surface area contributed by atoms with Crippen LogP contribution in [-0.4, -0.2) is 39.5 Å². The van der Waals surface area contributed by atoms with Gasteiger partial charge in [0.05, 0.1) is 46.6 Å². The Bertz CT molecular complexity index is 811. The lowest BCUT2D eigenvalue weighted by molar-refractivity contribution is -0.124. The van der Waals surface area contributed by atoms with E-state index in [9.17, 15) is 9.90 Å². The minimum absolute atomic E-state index is 0.0282. The van der Waals surface area contributed by atoms with Crippen LogP contribution < -0.4 is 23.8 Å². The molecule has 7 heteroatoms. The average Bonchev–Trinajstić information content (AvgIpc) is 2.72. The number of aromatic hydroxyl groups is 1. The highest BCUT2D eigenvalue weighted by Crippen LogP contribution is 2.46. The normalized spacial score (nSPS) is 15.1. The standard InChI is InChI=1S/C19H21NO6.C2H6/c1-23-15-6-5-11(7-14(15)21)13-10-18(22)20(13)12-8-16(24-2)19(26-4)17(9-12)25-3;1-2/h5-9,13,21H,10H2,1-4H3;1-2H3/t13-;/m1./s1. The van der Waals surface area contributed by atoms with E-state index in [0.29, 0.717) is 35.1 Å². The zero-order chi connectivity index (χ0) is 20.8. The molecule has 152 valence electrons. The molecular formula is C21H27NO6. The van der Waals surface area contributed by atoms with E-state index >= 15 is 0 Å². The summed E-state index contributed by atoms with van der Waals surface area (Å²) in [4.78, 5) is 13.9. The lowest BCUT2D eigenvalue weighted by Crippen LogP contribution is -2.46. The van der Waals surface area contributed by atoms with E-state index in [2.05, 4.69) is 0 Å². The fourth-order valence-corrected chi connectivity index (χ4v) is 3.13. The molecule has 1 aliphatic rings. The number of carbonyl (C=O) groups is 1. The zero-order valence-electron chi connectivity index (χ0n) is 17.1. The molecule has 0 radical (unpaired) electrons. The number of benzene rings is 2. The third kappa shape index (κ3) is 3.78. The van der Waals surface area contributed by atoms with Crippen LogP contribution in [-0.2, 0) is 4.79 Å². The van der Waals surface area contributed by atoms with Gasteiger partial charge in [-0.15, -0.1) is 0 Å². The van der Waals surface area contributed by atoms with Gasteiger partial charge in [-0.3, -0.25) is 4.79 Å². The van der Waals surface area contributed by atoms with E-state index in [4.69, 9.17) is 18.9 Å². The molecule has 0 aromatic heterocycles. The highest BCUT2D eigenvalue weighted by atomic mass is 16.5. The molecule has 7 nitrogen and oxygen atoms in total. The number of phenols is 1.